The van der Waals surface area contributed by atoms with Gasteiger partial charge in [-0.2, -0.15) is 0 Å². The van der Waals surface area contributed by atoms with Gasteiger partial charge in [0.05, 0.1) is 6.10 Å². The number of carbonyl (C=O) groups excluding carboxylic acids is 1. The molecule has 0 N–H and O–H groups in total. The van der Waals surface area contributed by atoms with Gasteiger partial charge in [-0.3, -0.25) is 4.79 Å². The first kappa shape index (κ1) is 25.1. The van der Waals surface area contributed by atoms with E-state index < -0.39 is 16.6 Å². The van der Waals surface area contributed by atoms with E-state index >= 15 is 0 Å². The fourth-order valence-corrected chi connectivity index (χ4v) is 11.5. The van der Waals surface area contributed by atoms with E-state index in [1.807, 2.05) is 6.92 Å². The summed E-state index contributed by atoms with van der Waals surface area (Å²) in [5.74, 6) is 3.56. The number of carbonyl (C=O) groups is 1. The minimum Gasteiger partial charge on any atom is -0.415 e. The third-order valence-corrected chi connectivity index (χ3v) is 12.1. The van der Waals surface area contributed by atoms with E-state index in [2.05, 4.69) is 53.1 Å². The predicted molar refractivity (Wildman–Crippen MR) is 138 cm³/mol. The summed E-state index contributed by atoms with van der Waals surface area (Å²) in [5.41, 5.74) is 0.603. The first-order valence-corrected chi connectivity index (χ1v) is 20.3. The van der Waals surface area contributed by atoms with E-state index in [0.717, 1.165) is 24.2 Å². The quantitative estimate of drug-likeness (QED) is 0.389. The maximum Gasteiger partial charge on any atom is 0.184 e. The fourth-order valence-electron chi connectivity index (χ4n) is 9.11. The van der Waals surface area contributed by atoms with Crippen molar-refractivity contribution in [1.29, 1.82) is 0 Å². The second-order valence-electron chi connectivity index (χ2n) is 14.4. The summed E-state index contributed by atoms with van der Waals surface area (Å²) in [7, 11) is -3.16. The Morgan fingerprint density at radius 2 is 1.41 bits per heavy atom. The topological polar surface area (TPSA) is 35.5 Å². The minimum atomic E-state index is -1.68. The van der Waals surface area contributed by atoms with Crippen molar-refractivity contribution in [2.75, 3.05) is 0 Å². The minimum absolute atomic E-state index is 0.103. The maximum absolute atomic E-state index is 12.9. The molecule has 0 aliphatic heterocycles. The van der Waals surface area contributed by atoms with E-state index in [1.54, 1.807) is 0 Å². The molecule has 184 valence electrons. The lowest BCUT2D eigenvalue weighted by Crippen LogP contribution is -2.55. The van der Waals surface area contributed by atoms with Gasteiger partial charge in [-0.25, -0.2) is 0 Å². The van der Waals surface area contributed by atoms with Crippen molar-refractivity contribution in [2.45, 2.75) is 124 Å². The Kier molecular flexibility index (Phi) is 6.52. The Morgan fingerprint density at radius 3 is 2.00 bits per heavy atom. The molecular formula is C27H50O3Si2. The van der Waals surface area contributed by atoms with Crippen molar-refractivity contribution in [3.63, 3.8) is 0 Å². The molecule has 0 bridgehead atoms. The van der Waals surface area contributed by atoms with Gasteiger partial charge in [-0.05, 0) is 132 Å². The van der Waals surface area contributed by atoms with E-state index in [4.69, 9.17) is 8.85 Å². The Labute approximate surface area is 200 Å². The van der Waals surface area contributed by atoms with E-state index in [1.165, 1.54) is 44.9 Å². The third kappa shape index (κ3) is 4.49. The first-order valence-electron chi connectivity index (χ1n) is 13.5. The third-order valence-electron chi connectivity index (χ3n) is 10.1. The molecule has 0 aromatic heterocycles. The van der Waals surface area contributed by atoms with Gasteiger partial charge in [-0.1, -0.05) is 13.8 Å². The average molecular weight is 479 g/mol. The van der Waals surface area contributed by atoms with Crippen LogP contribution >= 0.6 is 0 Å². The van der Waals surface area contributed by atoms with Crippen molar-refractivity contribution >= 4 is 22.4 Å². The molecule has 32 heavy (non-hydrogen) atoms. The van der Waals surface area contributed by atoms with Crippen LogP contribution in [0.3, 0.4) is 0 Å². The van der Waals surface area contributed by atoms with E-state index in [0.29, 0.717) is 23.2 Å². The van der Waals surface area contributed by atoms with Crippen molar-refractivity contribution in [3.05, 3.63) is 0 Å². The van der Waals surface area contributed by atoms with Crippen LogP contribution in [0.5, 0.6) is 0 Å². The molecule has 0 heterocycles. The highest BCUT2D eigenvalue weighted by atomic mass is 28.4. The van der Waals surface area contributed by atoms with Crippen molar-refractivity contribution in [2.24, 2.45) is 40.4 Å². The summed E-state index contributed by atoms with van der Waals surface area (Å²) < 4.78 is 13.3. The number of ketones is 1. The lowest BCUT2D eigenvalue weighted by Gasteiger charge is -2.61. The lowest BCUT2D eigenvalue weighted by molar-refractivity contribution is -0.139. The zero-order valence-corrected chi connectivity index (χ0v) is 24.4. The van der Waals surface area contributed by atoms with Crippen molar-refractivity contribution in [3.8, 4) is 0 Å². The molecule has 4 saturated carbocycles. The largest absolute Gasteiger partial charge is 0.415 e. The van der Waals surface area contributed by atoms with Gasteiger partial charge in [0, 0.05) is 12.0 Å². The zero-order chi connectivity index (χ0) is 23.7. The Hall–Kier alpha value is 0.0238. The van der Waals surface area contributed by atoms with Crippen molar-refractivity contribution in [1.82, 2.24) is 0 Å². The molecule has 4 aliphatic rings. The first-order chi connectivity index (χ1) is 14.6. The van der Waals surface area contributed by atoms with E-state index in [9.17, 15) is 4.79 Å². The molecule has 3 nitrogen and oxygen atoms in total. The lowest BCUT2D eigenvalue weighted by atomic mass is 9.44. The predicted octanol–water partition coefficient (Wildman–Crippen LogP) is 7.28. The maximum atomic E-state index is 12.9. The van der Waals surface area contributed by atoms with Crippen LogP contribution in [0, 0.1) is 40.4 Å². The van der Waals surface area contributed by atoms with Crippen molar-refractivity contribution < 1.29 is 13.6 Å². The molecule has 0 aromatic carbocycles. The van der Waals surface area contributed by atoms with Gasteiger partial charge < -0.3 is 8.85 Å². The zero-order valence-electron chi connectivity index (χ0n) is 22.4. The van der Waals surface area contributed by atoms with Crippen LogP contribution in [0.25, 0.3) is 0 Å². The van der Waals surface area contributed by atoms with Crippen LogP contribution in [0.4, 0.5) is 0 Å². The molecule has 0 aromatic rings. The summed E-state index contributed by atoms with van der Waals surface area (Å²) in [6, 6.07) is 0. The van der Waals surface area contributed by atoms with Gasteiger partial charge in [-0.15, -0.1) is 0 Å². The van der Waals surface area contributed by atoms with Gasteiger partial charge >= 0.3 is 0 Å². The highest BCUT2D eigenvalue weighted by Crippen LogP contribution is 2.68. The molecule has 4 rings (SSSR count). The second kappa shape index (κ2) is 8.31. The molecule has 0 spiro atoms. The van der Waals surface area contributed by atoms with Crippen LogP contribution in [0.15, 0.2) is 0 Å². The highest BCUT2D eigenvalue weighted by Gasteiger charge is 2.63. The molecule has 0 amide bonds. The molecule has 5 heteroatoms. The Bertz CT molecular complexity index is 725. The van der Waals surface area contributed by atoms with Crippen LogP contribution in [-0.2, 0) is 13.6 Å². The second-order valence-corrected chi connectivity index (χ2v) is 23.3. The van der Waals surface area contributed by atoms with Crippen LogP contribution in [-0.4, -0.2) is 34.6 Å². The molecule has 9 atom stereocenters. The summed E-state index contributed by atoms with van der Waals surface area (Å²) in [4.78, 5) is 12.9. The average Bonchev–Trinajstić information content (AvgIpc) is 2.91. The monoisotopic (exact) mass is 478 g/mol. The number of hydrogen-bond donors (Lipinski definition) is 0. The summed E-state index contributed by atoms with van der Waals surface area (Å²) in [5, 5.41) is 0. The normalized spacial score (nSPS) is 46.8. The van der Waals surface area contributed by atoms with Crippen LogP contribution < -0.4 is 0 Å². The summed E-state index contributed by atoms with van der Waals surface area (Å²) >= 11 is 0. The smallest absolute Gasteiger partial charge is 0.184 e. The number of fused-ring (bicyclic) bond motifs is 5. The molecule has 4 aliphatic carbocycles. The molecule has 4 fully saturated rings. The molecule has 0 saturated heterocycles. The number of rotatable bonds is 5. The molecule has 0 radical (unpaired) electrons. The van der Waals surface area contributed by atoms with Gasteiger partial charge in [0.1, 0.15) is 5.78 Å². The summed E-state index contributed by atoms with van der Waals surface area (Å²) in [6.07, 6.45) is 10.9. The fraction of sp³-hybridized carbons (Fsp3) is 0.963. The van der Waals surface area contributed by atoms with Crippen LogP contribution in [0.2, 0.25) is 39.3 Å². The summed E-state index contributed by atoms with van der Waals surface area (Å²) in [6.45, 7) is 20.8. The van der Waals surface area contributed by atoms with Gasteiger partial charge in [0.25, 0.3) is 0 Å². The highest BCUT2D eigenvalue weighted by molar-refractivity contribution is 6.70. The Morgan fingerprint density at radius 1 is 0.781 bits per heavy atom. The SMILES string of the molecule is CC(=O)C1C(O[Si](C)(C)C)CC2C3CCC4CC(O[Si](C)(C)C)CCC4(C)C3CCC21C. The number of Topliss-reactive ketones (excluding diaryl/α,β-unsaturated/α-hetero) is 1. The number of hydrogen-bond acceptors (Lipinski definition) is 3. The molecule has 9 unspecified atom stereocenters. The standard InChI is InChI=1S/C27H50O3Si2/c1-18(28)25-24(30-32(7,8)9)17-23-21-11-10-19-16-20(29-31(4,5)6)12-14-26(19,2)22(21)13-15-27(23,25)3/h19-25H,10-17H2,1-9H3. The van der Waals surface area contributed by atoms with Gasteiger partial charge in [0.15, 0.2) is 16.6 Å². The van der Waals surface area contributed by atoms with Crippen LogP contribution in [0.1, 0.15) is 72.1 Å². The molecular weight excluding hydrogens is 428 g/mol. The Balaban J connectivity index is 1.55. The van der Waals surface area contributed by atoms with Gasteiger partial charge in [0.2, 0.25) is 0 Å². The van der Waals surface area contributed by atoms with E-state index in [-0.39, 0.29) is 17.4 Å².